The van der Waals surface area contributed by atoms with E-state index in [1.807, 2.05) is 61.5 Å². The van der Waals surface area contributed by atoms with E-state index in [0.717, 1.165) is 5.56 Å². The first-order valence-corrected chi connectivity index (χ1v) is 14.6. The van der Waals surface area contributed by atoms with Crippen molar-refractivity contribution in [1.29, 1.82) is 0 Å². The van der Waals surface area contributed by atoms with Crippen LogP contribution in [-0.4, -0.2) is 45.0 Å². The second-order valence-electron chi connectivity index (χ2n) is 12.8. The van der Waals surface area contributed by atoms with Crippen molar-refractivity contribution >= 4 is 33.9 Å². The molecule has 1 aromatic rings. The molecule has 0 spiro atoms. The summed E-state index contributed by atoms with van der Waals surface area (Å²) in [7, 11) is -3.17. The number of rotatable bonds is 5. The third kappa shape index (κ3) is 4.53. The highest BCUT2D eigenvalue weighted by atomic mass is 28.4. The van der Waals surface area contributed by atoms with Crippen LogP contribution in [0.2, 0.25) is 18.1 Å². The van der Waals surface area contributed by atoms with Gasteiger partial charge in [-0.25, -0.2) is 0 Å². The Hall–Kier alpha value is -0.573. The highest BCUT2D eigenvalue weighted by Gasteiger charge is 2.56. The van der Waals surface area contributed by atoms with Gasteiger partial charge < -0.3 is 27.5 Å². The van der Waals surface area contributed by atoms with Crippen LogP contribution in [0.4, 0.5) is 0 Å². The SMILES string of the molecule is CC1(C)OB(c2cc(CO[Si](C)(C)C(C)(C)C)c(B3OC(C)(C)C(C)(C)O3)o2)OC1(C)C. The van der Waals surface area contributed by atoms with Gasteiger partial charge in [-0.15, -0.1) is 0 Å². The molecule has 3 heterocycles. The lowest BCUT2D eigenvalue weighted by Gasteiger charge is -2.36. The second-order valence-corrected chi connectivity index (χ2v) is 17.6. The van der Waals surface area contributed by atoms with Crippen LogP contribution >= 0.6 is 0 Å². The van der Waals surface area contributed by atoms with Gasteiger partial charge in [0.05, 0.1) is 29.0 Å². The largest absolute Gasteiger partial charge is 0.533 e. The van der Waals surface area contributed by atoms with Gasteiger partial charge >= 0.3 is 14.2 Å². The molecule has 0 saturated carbocycles. The van der Waals surface area contributed by atoms with Gasteiger partial charge in [0.2, 0.25) is 0 Å². The van der Waals surface area contributed by atoms with Crippen LogP contribution in [0.3, 0.4) is 0 Å². The highest BCUT2D eigenvalue weighted by Crippen LogP contribution is 2.39. The van der Waals surface area contributed by atoms with Crippen molar-refractivity contribution in [3.05, 3.63) is 11.6 Å². The summed E-state index contributed by atoms with van der Waals surface area (Å²) in [4.78, 5) is 0. The smallest absolute Gasteiger partial charge is 0.473 e. The molecule has 2 aliphatic heterocycles. The molecule has 2 fully saturated rings. The summed E-state index contributed by atoms with van der Waals surface area (Å²) in [5.74, 6) is 0. The Labute approximate surface area is 196 Å². The van der Waals surface area contributed by atoms with Gasteiger partial charge in [0.25, 0.3) is 0 Å². The third-order valence-corrected chi connectivity index (χ3v) is 12.7. The molecular formula is C23H42B2O6Si. The summed E-state index contributed by atoms with van der Waals surface area (Å²) in [6, 6.07) is 1.98. The topological polar surface area (TPSA) is 59.3 Å². The number of hydrogen-bond donors (Lipinski definition) is 0. The standard InChI is InChI=1S/C23H42B2O6Si/c1-19(2,3)32(12,13)26-15-16-14-17(24-28-20(4,5)21(6,7)29-24)27-18(16)25-30-22(8,9)23(10,11)31-25/h14H,15H2,1-13H3. The van der Waals surface area contributed by atoms with Crippen molar-refractivity contribution in [1.82, 2.24) is 0 Å². The van der Waals surface area contributed by atoms with E-state index < -0.39 is 45.0 Å². The van der Waals surface area contributed by atoms with Crippen LogP contribution in [0, 0.1) is 0 Å². The predicted molar refractivity (Wildman–Crippen MR) is 132 cm³/mol. The predicted octanol–water partition coefficient (Wildman–Crippen LogP) is 4.40. The van der Waals surface area contributed by atoms with Gasteiger partial charge in [-0.2, -0.15) is 0 Å². The Kier molecular flexibility index (Phi) is 6.28. The molecule has 1 aromatic heterocycles. The second kappa shape index (κ2) is 7.72. The molecule has 6 nitrogen and oxygen atoms in total. The van der Waals surface area contributed by atoms with Gasteiger partial charge in [0.15, 0.2) is 8.32 Å². The van der Waals surface area contributed by atoms with Crippen molar-refractivity contribution in [2.24, 2.45) is 0 Å². The van der Waals surface area contributed by atoms with E-state index in [9.17, 15) is 0 Å². The molecule has 32 heavy (non-hydrogen) atoms. The maximum atomic E-state index is 6.53. The van der Waals surface area contributed by atoms with Gasteiger partial charge in [0, 0.05) is 5.56 Å². The van der Waals surface area contributed by atoms with E-state index in [2.05, 4.69) is 33.9 Å². The summed E-state index contributed by atoms with van der Waals surface area (Å²) in [6.45, 7) is 27.9. The Morgan fingerprint density at radius 1 is 0.781 bits per heavy atom. The average Bonchev–Trinajstić information content (AvgIpc) is 3.16. The van der Waals surface area contributed by atoms with Crippen LogP contribution < -0.4 is 11.3 Å². The fourth-order valence-electron chi connectivity index (χ4n) is 3.28. The minimum Gasteiger partial charge on any atom is -0.473 e. The molecule has 0 aromatic carbocycles. The zero-order valence-electron chi connectivity index (χ0n) is 22.4. The quantitative estimate of drug-likeness (QED) is 0.603. The fraction of sp³-hybridized carbons (Fsp3) is 0.826. The molecule has 9 heteroatoms. The van der Waals surface area contributed by atoms with E-state index in [1.165, 1.54) is 0 Å². The summed E-state index contributed by atoms with van der Waals surface area (Å²) in [6.07, 6.45) is 0. The van der Waals surface area contributed by atoms with Crippen molar-refractivity contribution in [2.45, 2.75) is 123 Å². The molecule has 3 rings (SSSR count). The van der Waals surface area contributed by atoms with Gasteiger partial charge in [-0.1, -0.05) is 20.8 Å². The minimum absolute atomic E-state index is 0.107. The Bertz CT molecular complexity index is 821. The van der Waals surface area contributed by atoms with Crippen LogP contribution in [0.25, 0.3) is 0 Å². The normalized spacial score (nSPS) is 24.4. The van der Waals surface area contributed by atoms with Gasteiger partial charge in [0.1, 0.15) is 11.3 Å². The third-order valence-electron chi connectivity index (χ3n) is 8.21. The van der Waals surface area contributed by atoms with Crippen LogP contribution in [0.1, 0.15) is 81.7 Å². The first-order valence-electron chi connectivity index (χ1n) is 11.7. The first-order chi connectivity index (χ1) is 14.2. The van der Waals surface area contributed by atoms with Crippen LogP contribution in [-0.2, 0) is 29.7 Å². The zero-order valence-corrected chi connectivity index (χ0v) is 23.4. The molecule has 0 aliphatic carbocycles. The summed E-state index contributed by atoms with van der Waals surface area (Å²) in [5.41, 5.74) is 0.325. The average molecular weight is 464 g/mol. The molecule has 2 aliphatic rings. The summed E-state index contributed by atoms with van der Waals surface area (Å²) in [5, 5.41) is 0.107. The van der Waals surface area contributed by atoms with Crippen molar-refractivity contribution in [2.75, 3.05) is 0 Å². The maximum Gasteiger partial charge on any atom is 0.533 e. The monoisotopic (exact) mass is 464 g/mol. The van der Waals surface area contributed by atoms with Crippen molar-refractivity contribution in [3.8, 4) is 0 Å². The first kappa shape index (κ1) is 26.0. The Balaban J connectivity index is 1.94. The molecule has 2 saturated heterocycles. The molecule has 0 amide bonds. The number of hydrogen-bond acceptors (Lipinski definition) is 6. The molecule has 0 atom stereocenters. The zero-order chi connectivity index (χ0) is 24.5. The summed E-state index contributed by atoms with van der Waals surface area (Å²) >= 11 is 0. The Morgan fingerprint density at radius 3 is 1.59 bits per heavy atom. The molecule has 180 valence electrons. The highest BCUT2D eigenvalue weighted by molar-refractivity contribution is 6.74. The lowest BCUT2D eigenvalue weighted by Crippen LogP contribution is -2.42. The van der Waals surface area contributed by atoms with Gasteiger partial charge in [-0.3, -0.25) is 0 Å². The molecule has 0 N–H and O–H groups in total. The molecular weight excluding hydrogens is 422 g/mol. The lowest BCUT2D eigenvalue weighted by molar-refractivity contribution is 0.00578. The fourth-order valence-corrected chi connectivity index (χ4v) is 4.23. The van der Waals surface area contributed by atoms with Crippen molar-refractivity contribution in [3.63, 3.8) is 0 Å². The lowest BCUT2D eigenvalue weighted by atomic mass is 9.82. The van der Waals surface area contributed by atoms with E-state index >= 15 is 0 Å². The van der Waals surface area contributed by atoms with E-state index in [4.69, 9.17) is 27.5 Å². The van der Waals surface area contributed by atoms with Gasteiger partial charge in [-0.05, 0) is 79.6 Å². The van der Waals surface area contributed by atoms with E-state index in [0.29, 0.717) is 17.9 Å². The minimum atomic E-state index is -1.96. The Morgan fingerprint density at radius 2 is 1.19 bits per heavy atom. The van der Waals surface area contributed by atoms with E-state index in [-0.39, 0.29) is 5.04 Å². The summed E-state index contributed by atoms with van der Waals surface area (Å²) < 4.78 is 37.9. The molecule has 0 bridgehead atoms. The molecule has 0 radical (unpaired) electrons. The maximum absolute atomic E-state index is 6.53. The number of furan rings is 1. The van der Waals surface area contributed by atoms with E-state index in [1.54, 1.807) is 0 Å². The van der Waals surface area contributed by atoms with Crippen LogP contribution in [0.15, 0.2) is 10.5 Å². The van der Waals surface area contributed by atoms with Crippen molar-refractivity contribution < 1.29 is 27.5 Å². The molecule has 0 unspecified atom stereocenters. The van der Waals surface area contributed by atoms with Crippen LogP contribution in [0.5, 0.6) is 0 Å².